The molecule has 3 rings (SSSR count). The highest BCUT2D eigenvalue weighted by atomic mass is 16.5. The van der Waals surface area contributed by atoms with Gasteiger partial charge < -0.3 is 19.7 Å². The Bertz CT molecular complexity index is 670. The number of nitrogens with one attached hydrogen (secondary N) is 1. The average molecular weight is 374 g/mol. The largest absolute Gasteiger partial charge is 0.493 e. The maximum atomic E-state index is 13.2. The molecule has 0 radical (unpaired) electrons. The number of rotatable bonds is 7. The van der Waals surface area contributed by atoms with Crippen LogP contribution in [0, 0.1) is 5.92 Å². The van der Waals surface area contributed by atoms with Crippen molar-refractivity contribution in [3.05, 3.63) is 23.8 Å². The van der Waals surface area contributed by atoms with Crippen molar-refractivity contribution in [2.75, 3.05) is 20.3 Å². The Labute approximate surface area is 161 Å². The first-order valence-electron chi connectivity index (χ1n) is 9.99. The summed E-state index contributed by atoms with van der Waals surface area (Å²) in [5.41, 5.74) is 1.02. The van der Waals surface area contributed by atoms with Gasteiger partial charge in [-0.2, -0.15) is 0 Å². The van der Waals surface area contributed by atoms with Crippen LogP contribution in [0.2, 0.25) is 0 Å². The lowest BCUT2D eigenvalue weighted by Gasteiger charge is -2.36. The van der Waals surface area contributed by atoms with Gasteiger partial charge in [-0.25, -0.2) is 0 Å². The summed E-state index contributed by atoms with van der Waals surface area (Å²) in [6, 6.07) is 6.09. The van der Waals surface area contributed by atoms with Crippen LogP contribution in [0.3, 0.4) is 0 Å². The molecule has 0 aromatic heterocycles. The summed E-state index contributed by atoms with van der Waals surface area (Å²) in [7, 11) is 1.62. The van der Waals surface area contributed by atoms with Crippen LogP contribution >= 0.6 is 0 Å². The molecule has 1 saturated heterocycles. The van der Waals surface area contributed by atoms with Crippen molar-refractivity contribution < 1.29 is 19.1 Å². The number of methoxy groups -OCH3 is 1. The molecule has 2 amide bonds. The van der Waals surface area contributed by atoms with Crippen LogP contribution in [0.25, 0.3) is 0 Å². The highest BCUT2D eigenvalue weighted by Crippen LogP contribution is 2.31. The Morgan fingerprint density at radius 3 is 2.63 bits per heavy atom. The molecular formula is C21H30N2O4. The summed E-state index contributed by atoms with van der Waals surface area (Å²) in [5, 5.41) is 2.79. The zero-order chi connectivity index (χ0) is 19.2. The normalized spacial score (nSPS) is 20.2. The van der Waals surface area contributed by atoms with Crippen LogP contribution in [-0.2, 0) is 16.1 Å². The van der Waals surface area contributed by atoms with E-state index in [4.69, 9.17) is 9.47 Å². The van der Waals surface area contributed by atoms with Gasteiger partial charge in [0, 0.05) is 25.6 Å². The molecule has 1 aliphatic heterocycles. The molecule has 0 unspecified atom stereocenters. The Hall–Kier alpha value is -2.24. The lowest BCUT2D eigenvalue weighted by molar-refractivity contribution is -0.139. The molecule has 2 fully saturated rings. The number of hydrogen-bond donors (Lipinski definition) is 1. The highest BCUT2D eigenvalue weighted by molar-refractivity contribution is 5.89. The van der Waals surface area contributed by atoms with E-state index in [9.17, 15) is 9.59 Å². The first kappa shape index (κ1) is 19.5. The van der Waals surface area contributed by atoms with E-state index in [1.807, 2.05) is 30.0 Å². The molecule has 2 aliphatic rings. The van der Waals surface area contributed by atoms with Gasteiger partial charge in [-0.1, -0.05) is 25.3 Å². The Balaban J connectivity index is 1.81. The molecule has 0 spiro atoms. The van der Waals surface area contributed by atoms with Gasteiger partial charge in [0.2, 0.25) is 11.8 Å². The number of carbonyl (C=O) groups excluding carboxylic acids is 2. The van der Waals surface area contributed by atoms with E-state index >= 15 is 0 Å². The van der Waals surface area contributed by atoms with Gasteiger partial charge >= 0.3 is 0 Å². The van der Waals surface area contributed by atoms with Gasteiger partial charge in [0.1, 0.15) is 0 Å². The van der Waals surface area contributed by atoms with E-state index in [1.54, 1.807) is 7.11 Å². The van der Waals surface area contributed by atoms with Crippen LogP contribution in [-0.4, -0.2) is 43.0 Å². The summed E-state index contributed by atoms with van der Waals surface area (Å²) in [6.45, 7) is 3.49. The fraction of sp³-hybridized carbons (Fsp3) is 0.619. The zero-order valence-corrected chi connectivity index (χ0v) is 16.3. The maximum absolute atomic E-state index is 13.2. The van der Waals surface area contributed by atoms with Crippen molar-refractivity contribution >= 4 is 11.8 Å². The number of carbonyl (C=O) groups is 2. The molecule has 148 valence electrons. The Kier molecular flexibility index (Phi) is 6.58. The van der Waals surface area contributed by atoms with Crippen molar-refractivity contribution in [3.8, 4) is 11.5 Å². The zero-order valence-electron chi connectivity index (χ0n) is 16.3. The lowest BCUT2D eigenvalue weighted by Crippen LogP contribution is -2.44. The first-order chi connectivity index (χ1) is 13.1. The predicted molar refractivity (Wildman–Crippen MR) is 103 cm³/mol. The average Bonchev–Trinajstić information content (AvgIpc) is 3.13. The molecule has 6 heteroatoms. The lowest BCUT2D eigenvalue weighted by atomic mass is 9.92. The quantitative estimate of drug-likeness (QED) is 0.797. The Morgan fingerprint density at radius 2 is 2.00 bits per heavy atom. The number of ether oxygens (including phenoxy) is 2. The second kappa shape index (κ2) is 9.11. The second-order valence-electron chi connectivity index (χ2n) is 7.38. The number of hydrogen-bond acceptors (Lipinski definition) is 4. The minimum Gasteiger partial charge on any atom is -0.493 e. The highest BCUT2D eigenvalue weighted by Gasteiger charge is 2.34. The molecule has 1 heterocycles. The number of nitrogens with zero attached hydrogens (tertiary/aromatic N) is 1. The molecular weight excluding hydrogens is 344 g/mol. The summed E-state index contributed by atoms with van der Waals surface area (Å²) in [4.78, 5) is 26.8. The van der Waals surface area contributed by atoms with Crippen molar-refractivity contribution in [1.29, 1.82) is 0 Å². The van der Waals surface area contributed by atoms with Crippen molar-refractivity contribution in [2.45, 2.75) is 58.0 Å². The molecule has 6 nitrogen and oxygen atoms in total. The van der Waals surface area contributed by atoms with E-state index in [0.29, 0.717) is 37.6 Å². The maximum Gasteiger partial charge on any atom is 0.228 e. The molecule has 1 N–H and O–H groups in total. The summed E-state index contributed by atoms with van der Waals surface area (Å²) in [6.07, 6.45) is 5.92. The van der Waals surface area contributed by atoms with Gasteiger partial charge in [-0.3, -0.25) is 9.59 Å². The van der Waals surface area contributed by atoms with Crippen molar-refractivity contribution in [1.82, 2.24) is 10.2 Å². The third kappa shape index (κ3) is 4.73. The van der Waals surface area contributed by atoms with Gasteiger partial charge in [-0.15, -0.1) is 0 Å². The minimum atomic E-state index is -0.246. The molecule has 1 aliphatic carbocycles. The van der Waals surface area contributed by atoms with Gasteiger partial charge in [0.15, 0.2) is 11.5 Å². The summed E-state index contributed by atoms with van der Waals surface area (Å²) < 4.78 is 11.1. The van der Waals surface area contributed by atoms with E-state index < -0.39 is 0 Å². The molecule has 1 atom stereocenters. The minimum absolute atomic E-state index is 0.0278. The van der Waals surface area contributed by atoms with E-state index in [2.05, 4.69) is 5.32 Å². The third-order valence-electron chi connectivity index (χ3n) is 5.51. The van der Waals surface area contributed by atoms with Crippen LogP contribution in [0.1, 0.15) is 51.0 Å². The van der Waals surface area contributed by atoms with Crippen LogP contribution in [0.5, 0.6) is 11.5 Å². The van der Waals surface area contributed by atoms with Crippen LogP contribution in [0.4, 0.5) is 0 Å². The Morgan fingerprint density at radius 1 is 1.22 bits per heavy atom. The van der Waals surface area contributed by atoms with Gasteiger partial charge in [0.25, 0.3) is 0 Å². The summed E-state index contributed by atoms with van der Waals surface area (Å²) in [5.74, 6) is 1.21. The second-order valence-corrected chi connectivity index (χ2v) is 7.38. The van der Waals surface area contributed by atoms with E-state index in [-0.39, 0.29) is 23.8 Å². The van der Waals surface area contributed by atoms with E-state index in [1.165, 1.54) is 6.42 Å². The van der Waals surface area contributed by atoms with Gasteiger partial charge in [-0.05, 0) is 37.5 Å². The molecule has 1 aromatic rings. The van der Waals surface area contributed by atoms with Crippen molar-refractivity contribution in [2.24, 2.45) is 5.92 Å². The van der Waals surface area contributed by atoms with Crippen LogP contribution < -0.4 is 14.8 Å². The summed E-state index contributed by atoms with van der Waals surface area (Å²) >= 11 is 0. The monoisotopic (exact) mass is 374 g/mol. The number of amides is 2. The fourth-order valence-electron chi connectivity index (χ4n) is 4.08. The smallest absolute Gasteiger partial charge is 0.228 e. The van der Waals surface area contributed by atoms with Gasteiger partial charge in [0.05, 0.1) is 19.6 Å². The van der Waals surface area contributed by atoms with Crippen molar-refractivity contribution in [3.63, 3.8) is 0 Å². The third-order valence-corrected chi connectivity index (χ3v) is 5.51. The van der Waals surface area contributed by atoms with Crippen LogP contribution in [0.15, 0.2) is 18.2 Å². The first-order valence-corrected chi connectivity index (χ1v) is 9.99. The predicted octanol–water partition coefficient (Wildman–Crippen LogP) is 2.89. The SMILES string of the molecule is CCOc1cc(CN(C(=O)[C@@H]2CNC(=O)C2)C2CCCCC2)ccc1OC. The molecule has 1 aromatic carbocycles. The molecule has 1 saturated carbocycles. The topological polar surface area (TPSA) is 67.9 Å². The van der Waals surface area contributed by atoms with E-state index in [0.717, 1.165) is 31.2 Å². The fourth-order valence-corrected chi connectivity index (χ4v) is 4.08. The number of benzene rings is 1. The molecule has 27 heavy (non-hydrogen) atoms. The standard InChI is InChI=1S/C21H30N2O4/c1-3-27-19-11-15(9-10-18(19)26-2)14-23(17-7-5-4-6-8-17)21(25)16-12-20(24)22-13-16/h9-11,16-17H,3-8,12-14H2,1-2H3,(H,22,24)/t16-/m0/s1. The molecule has 0 bridgehead atoms.